The maximum Gasteiger partial charge on any atom is 0.123 e. The molecule has 0 unspecified atom stereocenters. The van der Waals surface area contributed by atoms with Gasteiger partial charge in [-0.1, -0.05) is 18.6 Å². The van der Waals surface area contributed by atoms with Crippen LogP contribution in [0.5, 0.6) is 5.75 Å². The number of thiazole rings is 1. The fraction of sp³-hybridized carbons (Fsp3) is 0.381. The molecule has 3 aromatic rings. The third-order valence-corrected chi connectivity index (χ3v) is 5.82. The van der Waals surface area contributed by atoms with Crippen molar-refractivity contribution in [3.63, 3.8) is 0 Å². The molecular formula is C21H23FN2OS. The van der Waals surface area contributed by atoms with E-state index in [1.54, 1.807) is 11.3 Å². The lowest BCUT2D eigenvalue weighted by Gasteiger charge is -2.26. The van der Waals surface area contributed by atoms with E-state index in [1.165, 1.54) is 44.5 Å². The second kappa shape index (κ2) is 8.14. The summed E-state index contributed by atoms with van der Waals surface area (Å²) in [4.78, 5) is 7.17. The summed E-state index contributed by atoms with van der Waals surface area (Å²) < 4.78 is 20.1. The Hall–Kier alpha value is -1.98. The molecule has 1 aliphatic heterocycles. The van der Waals surface area contributed by atoms with Crippen molar-refractivity contribution in [1.29, 1.82) is 0 Å². The van der Waals surface area contributed by atoms with Crippen molar-refractivity contribution < 1.29 is 9.13 Å². The standard InChI is InChI=1S/C21H23FN2OS/c22-17-6-4-16(5-7-17)14-21-23-19-9-8-18(15-20(19)26-21)25-13-12-24-10-2-1-3-11-24/h4-9,15H,1-3,10-14H2. The zero-order valence-electron chi connectivity index (χ0n) is 14.8. The van der Waals surface area contributed by atoms with Crippen molar-refractivity contribution in [3.05, 3.63) is 58.9 Å². The molecule has 26 heavy (non-hydrogen) atoms. The van der Waals surface area contributed by atoms with Crippen molar-refractivity contribution >= 4 is 21.6 Å². The summed E-state index contributed by atoms with van der Waals surface area (Å²) in [5, 5.41) is 1.04. The highest BCUT2D eigenvalue weighted by molar-refractivity contribution is 7.18. The van der Waals surface area contributed by atoms with E-state index in [0.717, 1.165) is 46.1 Å². The molecule has 5 heteroatoms. The van der Waals surface area contributed by atoms with Crippen LogP contribution in [0.3, 0.4) is 0 Å². The van der Waals surface area contributed by atoms with E-state index in [4.69, 9.17) is 4.74 Å². The molecule has 1 aliphatic rings. The smallest absolute Gasteiger partial charge is 0.123 e. The summed E-state index contributed by atoms with van der Waals surface area (Å²) in [6.45, 7) is 4.12. The number of nitrogens with zero attached hydrogens (tertiary/aromatic N) is 2. The van der Waals surface area contributed by atoms with Crippen LogP contribution in [0.2, 0.25) is 0 Å². The Morgan fingerprint density at radius 2 is 1.85 bits per heavy atom. The van der Waals surface area contributed by atoms with Crippen LogP contribution >= 0.6 is 11.3 Å². The van der Waals surface area contributed by atoms with E-state index in [9.17, 15) is 4.39 Å². The first-order chi connectivity index (χ1) is 12.8. The van der Waals surface area contributed by atoms with Gasteiger partial charge in [0.05, 0.1) is 15.2 Å². The minimum atomic E-state index is -0.204. The monoisotopic (exact) mass is 370 g/mol. The lowest BCUT2D eigenvalue weighted by Crippen LogP contribution is -2.33. The molecule has 0 spiro atoms. The Balaban J connectivity index is 1.38. The third-order valence-electron chi connectivity index (χ3n) is 4.80. The first kappa shape index (κ1) is 17.4. The number of rotatable bonds is 6. The number of likely N-dealkylation sites (tertiary alicyclic amines) is 1. The van der Waals surface area contributed by atoms with E-state index >= 15 is 0 Å². The molecule has 2 aromatic carbocycles. The van der Waals surface area contributed by atoms with Crippen LogP contribution in [0, 0.1) is 5.82 Å². The van der Waals surface area contributed by atoms with E-state index in [1.807, 2.05) is 24.3 Å². The summed E-state index contributed by atoms with van der Waals surface area (Å²) in [5.74, 6) is 0.705. The number of fused-ring (bicyclic) bond motifs is 1. The highest BCUT2D eigenvalue weighted by Gasteiger charge is 2.10. The normalized spacial score (nSPS) is 15.4. The summed E-state index contributed by atoms with van der Waals surface area (Å²) in [6.07, 6.45) is 4.71. The Bertz CT molecular complexity index is 856. The van der Waals surface area contributed by atoms with Crippen molar-refractivity contribution in [2.24, 2.45) is 0 Å². The fourth-order valence-corrected chi connectivity index (χ4v) is 4.40. The number of ether oxygens (including phenoxy) is 1. The topological polar surface area (TPSA) is 25.4 Å². The molecule has 4 rings (SSSR count). The molecule has 1 saturated heterocycles. The Kier molecular flexibility index (Phi) is 5.46. The highest BCUT2D eigenvalue weighted by Crippen LogP contribution is 2.28. The van der Waals surface area contributed by atoms with Gasteiger partial charge in [0.2, 0.25) is 0 Å². The molecule has 0 aliphatic carbocycles. The zero-order valence-corrected chi connectivity index (χ0v) is 15.6. The first-order valence-electron chi connectivity index (χ1n) is 9.25. The molecule has 136 valence electrons. The molecule has 0 bridgehead atoms. The molecule has 0 atom stereocenters. The van der Waals surface area contributed by atoms with Gasteiger partial charge < -0.3 is 4.74 Å². The number of hydrogen-bond donors (Lipinski definition) is 0. The van der Waals surface area contributed by atoms with E-state index < -0.39 is 0 Å². The van der Waals surface area contributed by atoms with Gasteiger partial charge in [0.15, 0.2) is 0 Å². The second-order valence-corrected chi connectivity index (χ2v) is 7.91. The SMILES string of the molecule is Fc1ccc(Cc2nc3ccc(OCCN4CCCCC4)cc3s2)cc1. The predicted octanol–water partition coefficient (Wildman–Crippen LogP) is 4.89. The minimum Gasteiger partial charge on any atom is -0.492 e. The van der Waals surface area contributed by atoms with Crippen molar-refractivity contribution in [2.45, 2.75) is 25.7 Å². The van der Waals surface area contributed by atoms with E-state index in [-0.39, 0.29) is 5.82 Å². The molecule has 1 fully saturated rings. The van der Waals surface area contributed by atoms with Gasteiger partial charge in [-0.25, -0.2) is 9.37 Å². The van der Waals surface area contributed by atoms with Gasteiger partial charge in [-0.3, -0.25) is 4.90 Å². The summed E-state index contributed by atoms with van der Waals surface area (Å²) >= 11 is 1.68. The molecule has 3 nitrogen and oxygen atoms in total. The van der Waals surface area contributed by atoms with Gasteiger partial charge in [0.1, 0.15) is 18.2 Å². The molecule has 0 amide bonds. The highest BCUT2D eigenvalue weighted by atomic mass is 32.1. The Labute approximate surface area is 157 Å². The Morgan fingerprint density at radius 1 is 1.04 bits per heavy atom. The van der Waals surface area contributed by atoms with Crippen LogP contribution in [-0.2, 0) is 6.42 Å². The third kappa shape index (κ3) is 4.40. The number of piperidine rings is 1. The lowest BCUT2D eigenvalue weighted by atomic mass is 10.1. The number of halogens is 1. The molecule has 0 saturated carbocycles. The van der Waals surface area contributed by atoms with Crippen molar-refractivity contribution in [3.8, 4) is 5.75 Å². The Morgan fingerprint density at radius 3 is 2.65 bits per heavy atom. The first-order valence-corrected chi connectivity index (χ1v) is 10.1. The maximum atomic E-state index is 13.0. The summed E-state index contributed by atoms with van der Waals surface area (Å²) in [5.41, 5.74) is 2.07. The molecule has 1 aromatic heterocycles. The van der Waals surface area contributed by atoms with Crippen LogP contribution in [0.25, 0.3) is 10.2 Å². The molecular weight excluding hydrogens is 347 g/mol. The summed E-state index contributed by atoms with van der Waals surface area (Å²) in [7, 11) is 0. The fourth-order valence-electron chi connectivity index (χ4n) is 3.37. The van der Waals surface area contributed by atoms with Gasteiger partial charge in [-0.2, -0.15) is 0 Å². The van der Waals surface area contributed by atoms with E-state index in [0.29, 0.717) is 0 Å². The minimum absolute atomic E-state index is 0.204. The largest absolute Gasteiger partial charge is 0.492 e. The van der Waals surface area contributed by atoms with Gasteiger partial charge >= 0.3 is 0 Å². The lowest BCUT2D eigenvalue weighted by molar-refractivity contribution is 0.183. The van der Waals surface area contributed by atoms with Crippen LogP contribution in [-0.4, -0.2) is 36.1 Å². The van der Waals surface area contributed by atoms with Gasteiger partial charge in [0.25, 0.3) is 0 Å². The van der Waals surface area contributed by atoms with Gasteiger partial charge in [0, 0.05) is 13.0 Å². The maximum absolute atomic E-state index is 13.0. The van der Waals surface area contributed by atoms with Crippen LogP contribution in [0.4, 0.5) is 4.39 Å². The van der Waals surface area contributed by atoms with Crippen LogP contribution in [0.15, 0.2) is 42.5 Å². The summed E-state index contributed by atoms with van der Waals surface area (Å²) in [6, 6.07) is 12.7. The molecule has 0 N–H and O–H groups in total. The average Bonchev–Trinajstić information content (AvgIpc) is 3.06. The van der Waals surface area contributed by atoms with Crippen molar-refractivity contribution in [1.82, 2.24) is 9.88 Å². The van der Waals surface area contributed by atoms with Crippen LogP contribution in [0.1, 0.15) is 29.8 Å². The average molecular weight is 370 g/mol. The van der Waals surface area contributed by atoms with Crippen LogP contribution < -0.4 is 4.74 Å². The van der Waals surface area contributed by atoms with Gasteiger partial charge in [-0.15, -0.1) is 11.3 Å². The number of benzene rings is 2. The number of hydrogen-bond acceptors (Lipinski definition) is 4. The predicted molar refractivity (Wildman–Crippen MR) is 105 cm³/mol. The molecule has 2 heterocycles. The van der Waals surface area contributed by atoms with Crippen molar-refractivity contribution in [2.75, 3.05) is 26.2 Å². The van der Waals surface area contributed by atoms with E-state index in [2.05, 4.69) is 16.0 Å². The molecule has 0 radical (unpaired) electrons. The quantitative estimate of drug-likeness (QED) is 0.618. The number of aromatic nitrogens is 1. The second-order valence-electron chi connectivity index (χ2n) is 6.79. The zero-order chi connectivity index (χ0) is 17.8. The van der Waals surface area contributed by atoms with Gasteiger partial charge in [-0.05, 0) is 61.8 Å².